The number of nitrogens with zero attached hydrogens (tertiary/aromatic N) is 3. The molecule has 0 unspecified atom stereocenters. The minimum Gasteiger partial charge on any atom is -0.265 e. The molecule has 0 spiro atoms. The van der Waals surface area contributed by atoms with Crippen LogP contribution in [-0.2, 0) is 6.42 Å². The van der Waals surface area contributed by atoms with E-state index in [0.29, 0.717) is 17.1 Å². The molecule has 0 aliphatic rings. The van der Waals surface area contributed by atoms with Gasteiger partial charge in [-0.05, 0) is 23.6 Å². The molecular formula is C16H10BrN3OS2. The van der Waals surface area contributed by atoms with E-state index in [9.17, 15) is 4.79 Å². The van der Waals surface area contributed by atoms with Crippen LogP contribution in [0.4, 0.5) is 0 Å². The average Bonchev–Trinajstić information content (AvgIpc) is 3.18. The molecule has 0 saturated carbocycles. The van der Waals surface area contributed by atoms with E-state index in [1.165, 1.54) is 11.3 Å². The highest BCUT2D eigenvalue weighted by atomic mass is 79.9. The summed E-state index contributed by atoms with van der Waals surface area (Å²) in [6, 6.07) is 12.0. The normalized spacial score (nSPS) is 11.2. The second-order valence-corrected chi connectivity index (χ2v) is 7.73. The highest BCUT2D eigenvalue weighted by molar-refractivity contribution is 9.10. The molecule has 0 N–H and O–H groups in total. The Bertz CT molecular complexity index is 1020. The molecule has 4 nitrogen and oxygen atoms in total. The summed E-state index contributed by atoms with van der Waals surface area (Å²) in [5, 5.41) is 8.53. The quantitative estimate of drug-likeness (QED) is 0.514. The molecule has 0 atom stereocenters. The fourth-order valence-electron chi connectivity index (χ4n) is 2.30. The second-order valence-electron chi connectivity index (χ2n) is 4.94. The topological polar surface area (TPSA) is 47.3 Å². The Kier molecular flexibility index (Phi) is 3.84. The molecule has 0 radical (unpaired) electrons. The van der Waals surface area contributed by atoms with Crippen LogP contribution in [0, 0.1) is 0 Å². The first kappa shape index (κ1) is 14.7. The summed E-state index contributed by atoms with van der Waals surface area (Å²) in [4.78, 5) is 18.1. The van der Waals surface area contributed by atoms with Gasteiger partial charge in [0.2, 0.25) is 4.96 Å². The smallest absolute Gasteiger partial charge is 0.265 e. The minimum atomic E-state index is -0.248. The van der Waals surface area contributed by atoms with Crippen LogP contribution in [0.5, 0.6) is 0 Å². The van der Waals surface area contributed by atoms with Gasteiger partial charge in [0, 0.05) is 26.7 Å². The van der Waals surface area contributed by atoms with E-state index in [2.05, 4.69) is 26.0 Å². The van der Waals surface area contributed by atoms with Gasteiger partial charge in [-0.1, -0.05) is 34.1 Å². The standard InChI is InChI=1S/C16H10BrN3OS2/c17-11-5-3-10(4-6-11)14-9-23-16-18-15(21)13(19-20(14)16)8-12-2-1-7-22-12/h1-7,9H,8H2. The molecule has 0 saturated heterocycles. The van der Waals surface area contributed by atoms with E-state index >= 15 is 0 Å². The number of fused-ring (bicyclic) bond motifs is 1. The number of halogens is 1. The number of hydrogen-bond donors (Lipinski definition) is 0. The molecule has 4 rings (SSSR count). The van der Waals surface area contributed by atoms with Gasteiger partial charge in [0.25, 0.3) is 5.56 Å². The molecule has 0 fully saturated rings. The summed E-state index contributed by atoms with van der Waals surface area (Å²) in [5.41, 5.74) is 2.21. The number of benzene rings is 1. The van der Waals surface area contributed by atoms with Crippen molar-refractivity contribution in [2.75, 3.05) is 0 Å². The van der Waals surface area contributed by atoms with Crippen molar-refractivity contribution >= 4 is 43.6 Å². The minimum absolute atomic E-state index is 0.248. The van der Waals surface area contributed by atoms with E-state index in [1.54, 1.807) is 15.9 Å². The molecular weight excluding hydrogens is 394 g/mol. The van der Waals surface area contributed by atoms with Gasteiger partial charge in [-0.15, -0.1) is 22.7 Å². The first-order valence-electron chi connectivity index (χ1n) is 6.86. The van der Waals surface area contributed by atoms with Crippen LogP contribution in [0.1, 0.15) is 10.6 Å². The summed E-state index contributed by atoms with van der Waals surface area (Å²) in [7, 11) is 0. The lowest BCUT2D eigenvalue weighted by Gasteiger charge is -2.03. The number of thiophene rings is 1. The fraction of sp³-hybridized carbons (Fsp3) is 0.0625. The molecule has 4 aromatic rings. The zero-order valence-electron chi connectivity index (χ0n) is 11.8. The predicted molar refractivity (Wildman–Crippen MR) is 97.4 cm³/mol. The lowest BCUT2D eigenvalue weighted by Crippen LogP contribution is -2.18. The Labute approximate surface area is 148 Å². The first-order chi connectivity index (χ1) is 11.2. The van der Waals surface area contributed by atoms with Gasteiger partial charge in [0.15, 0.2) is 0 Å². The highest BCUT2D eigenvalue weighted by Gasteiger charge is 2.12. The molecule has 0 amide bonds. The number of rotatable bonds is 3. The van der Waals surface area contributed by atoms with Crippen molar-refractivity contribution in [1.29, 1.82) is 0 Å². The molecule has 0 bridgehead atoms. The molecule has 114 valence electrons. The summed E-state index contributed by atoms with van der Waals surface area (Å²) >= 11 is 6.48. The van der Waals surface area contributed by atoms with Crippen LogP contribution in [0.25, 0.3) is 16.2 Å². The maximum absolute atomic E-state index is 12.2. The Hall–Kier alpha value is -1.83. The molecule has 23 heavy (non-hydrogen) atoms. The SMILES string of the molecule is O=c1nc2scc(-c3ccc(Br)cc3)n2nc1Cc1cccs1. The Morgan fingerprint density at radius 2 is 1.96 bits per heavy atom. The largest absolute Gasteiger partial charge is 0.296 e. The highest BCUT2D eigenvalue weighted by Crippen LogP contribution is 2.25. The molecule has 7 heteroatoms. The summed E-state index contributed by atoms with van der Waals surface area (Å²) < 4.78 is 2.79. The third-order valence-corrected chi connectivity index (χ3v) is 5.63. The number of hydrogen-bond acceptors (Lipinski definition) is 5. The van der Waals surface area contributed by atoms with Crippen LogP contribution < -0.4 is 5.56 Å². The van der Waals surface area contributed by atoms with Gasteiger partial charge in [-0.2, -0.15) is 10.1 Å². The van der Waals surface area contributed by atoms with Crippen molar-refractivity contribution in [3.8, 4) is 11.3 Å². The van der Waals surface area contributed by atoms with Gasteiger partial charge in [-0.25, -0.2) is 4.52 Å². The molecule has 0 aliphatic carbocycles. The van der Waals surface area contributed by atoms with Crippen molar-refractivity contribution in [3.05, 3.63) is 72.6 Å². The van der Waals surface area contributed by atoms with Crippen molar-refractivity contribution in [1.82, 2.24) is 14.6 Å². The predicted octanol–water partition coefficient (Wildman–Crippen LogP) is 4.23. The monoisotopic (exact) mass is 403 g/mol. The number of thiazole rings is 1. The van der Waals surface area contributed by atoms with Crippen molar-refractivity contribution in [2.24, 2.45) is 0 Å². The maximum Gasteiger partial charge on any atom is 0.296 e. The zero-order valence-corrected chi connectivity index (χ0v) is 15.0. The average molecular weight is 404 g/mol. The van der Waals surface area contributed by atoms with E-state index in [4.69, 9.17) is 0 Å². The lowest BCUT2D eigenvalue weighted by molar-refractivity contribution is 0.843. The van der Waals surface area contributed by atoms with E-state index in [-0.39, 0.29) is 5.56 Å². The number of aromatic nitrogens is 3. The van der Waals surface area contributed by atoms with Gasteiger partial charge in [0.05, 0.1) is 5.69 Å². The molecule has 3 heterocycles. The van der Waals surface area contributed by atoms with Crippen molar-refractivity contribution < 1.29 is 0 Å². The van der Waals surface area contributed by atoms with Gasteiger partial charge >= 0.3 is 0 Å². The lowest BCUT2D eigenvalue weighted by atomic mass is 10.2. The molecule has 1 aromatic carbocycles. The van der Waals surface area contributed by atoms with Crippen LogP contribution >= 0.6 is 38.6 Å². The van der Waals surface area contributed by atoms with E-state index in [0.717, 1.165) is 20.6 Å². The van der Waals surface area contributed by atoms with Crippen LogP contribution in [-0.4, -0.2) is 14.6 Å². The fourth-order valence-corrected chi connectivity index (χ4v) is 4.10. The van der Waals surface area contributed by atoms with Gasteiger partial charge in [-0.3, -0.25) is 4.79 Å². The Morgan fingerprint density at radius 1 is 1.13 bits per heavy atom. The van der Waals surface area contributed by atoms with Crippen molar-refractivity contribution in [2.45, 2.75) is 6.42 Å². The second kappa shape index (κ2) is 5.99. The van der Waals surface area contributed by atoms with Crippen molar-refractivity contribution in [3.63, 3.8) is 0 Å². The Morgan fingerprint density at radius 3 is 2.70 bits per heavy atom. The van der Waals surface area contributed by atoms with Gasteiger partial charge in [0.1, 0.15) is 5.69 Å². The summed E-state index contributed by atoms with van der Waals surface area (Å²) in [5.74, 6) is 0. The Balaban J connectivity index is 1.84. The van der Waals surface area contributed by atoms with Gasteiger partial charge < -0.3 is 0 Å². The third-order valence-electron chi connectivity index (χ3n) is 3.41. The van der Waals surface area contributed by atoms with E-state index in [1.807, 2.05) is 47.2 Å². The molecule has 0 aliphatic heterocycles. The zero-order chi connectivity index (χ0) is 15.8. The summed E-state index contributed by atoms with van der Waals surface area (Å²) in [6.45, 7) is 0. The first-order valence-corrected chi connectivity index (χ1v) is 9.42. The van der Waals surface area contributed by atoms with E-state index < -0.39 is 0 Å². The van der Waals surface area contributed by atoms with Crippen LogP contribution in [0.3, 0.4) is 0 Å². The van der Waals surface area contributed by atoms with Crippen LogP contribution in [0.15, 0.2) is 56.4 Å². The molecule has 3 aromatic heterocycles. The maximum atomic E-state index is 12.2. The van der Waals surface area contributed by atoms with Crippen LogP contribution in [0.2, 0.25) is 0 Å². The summed E-state index contributed by atoms with van der Waals surface area (Å²) in [6.07, 6.45) is 0.516. The third kappa shape index (κ3) is 2.87.